The van der Waals surface area contributed by atoms with Gasteiger partial charge in [-0.1, -0.05) is 0 Å². The lowest BCUT2D eigenvalue weighted by molar-refractivity contribution is 0.0924. The standard InChI is InChI=1S/C8H7BrFNO/c9-6-3-11-2-5-4(6)1-7(10)8(5)12/h2-3,7-8,12H,1H2/t7-,8+/m1/s1. The summed E-state index contributed by atoms with van der Waals surface area (Å²) in [5.74, 6) is 0. The van der Waals surface area contributed by atoms with Crippen LogP contribution in [-0.2, 0) is 6.42 Å². The van der Waals surface area contributed by atoms with Gasteiger partial charge in [-0.25, -0.2) is 4.39 Å². The van der Waals surface area contributed by atoms with Gasteiger partial charge in [-0.3, -0.25) is 4.98 Å². The molecule has 4 heteroatoms. The normalized spacial score (nSPS) is 27.2. The molecule has 12 heavy (non-hydrogen) atoms. The molecule has 0 bridgehead atoms. The summed E-state index contributed by atoms with van der Waals surface area (Å²) in [6, 6.07) is 0. The first kappa shape index (κ1) is 8.13. The maximum Gasteiger partial charge on any atom is 0.134 e. The lowest BCUT2D eigenvalue weighted by Gasteiger charge is -2.04. The van der Waals surface area contributed by atoms with Gasteiger partial charge in [-0.2, -0.15) is 0 Å². The number of halogens is 2. The van der Waals surface area contributed by atoms with Gasteiger partial charge in [0, 0.05) is 28.9 Å². The summed E-state index contributed by atoms with van der Waals surface area (Å²) in [5.41, 5.74) is 1.45. The fourth-order valence-corrected chi connectivity index (χ4v) is 1.96. The number of nitrogens with zero attached hydrogens (tertiary/aromatic N) is 1. The van der Waals surface area contributed by atoms with Gasteiger partial charge >= 0.3 is 0 Å². The quantitative estimate of drug-likeness (QED) is 0.739. The molecule has 2 rings (SSSR count). The summed E-state index contributed by atoms with van der Waals surface area (Å²) in [7, 11) is 0. The lowest BCUT2D eigenvalue weighted by atomic mass is 10.2. The van der Waals surface area contributed by atoms with E-state index >= 15 is 0 Å². The first-order valence-electron chi connectivity index (χ1n) is 3.64. The second kappa shape index (κ2) is 2.78. The molecule has 0 saturated heterocycles. The maximum atomic E-state index is 13.0. The Hall–Kier alpha value is -0.480. The maximum absolute atomic E-state index is 13.0. The number of pyridine rings is 1. The third-order valence-corrected chi connectivity index (χ3v) is 2.78. The third-order valence-electron chi connectivity index (χ3n) is 2.10. The summed E-state index contributed by atoms with van der Waals surface area (Å²) in [6.07, 6.45) is 1.23. The predicted octanol–water partition coefficient (Wildman–Crippen LogP) is 1.77. The molecule has 64 valence electrons. The Morgan fingerprint density at radius 3 is 3.00 bits per heavy atom. The molecular formula is C8H7BrFNO. The fourth-order valence-electron chi connectivity index (χ4n) is 1.45. The highest BCUT2D eigenvalue weighted by atomic mass is 79.9. The smallest absolute Gasteiger partial charge is 0.134 e. The van der Waals surface area contributed by atoms with E-state index in [1.807, 2.05) is 0 Å². The first-order chi connectivity index (χ1) is 5.70. The molecule has 1 heterocycles. The van der Waals surface area contributed by atoms with E-state index in [0.717, 1.165) is 10.0 Å². The molecule has 0 radical (unpaired) electrons. The van der Waals surface area contributed by atoms with Crippen LogP contribution in [0.25, 0.3) is 0 Å². The van der Waals surface area contributed by atoms with Crippen molar-refractivity contribution in [2.24, 2.45) is 0 Å². The van der Waals surface area contributed by atoms with Crippen LogP contribution in [0.3, 0.4) is 0 Å². The van der Waals surface area contributed by atoms with E-state index in [-0.39, 0.29) is 6.42 Å². The zero-order valence-corrected chi connectivity index (χ0v) is 7.75. The van der Waals surface area contributed by atoms with E-state index in [0.29, 0.717) is 5.56 Å². The molecule has 1 aromatic heterocycles. The van der Waals surface area contributed by atoms with E-state index in [9.17, 15) is 9.50 Å². The van der Waals surface area contributed by atoms with E-state index in [1.54, 1.807) is 6.20 Å². The highest BCUT2D eigenvalue weighted by Crippen LogP contribution is 2.36. The lowest BCUT2D eigenvalue weighted by Crippen LogP contribution is -2.06. The van der Waals surface area contributed by atoms with Crippen molar-refractivity contribution >= 4 is 15.9 Å². The minimum absolute atomic E-state index is 0.277. The van der Waals surface area contributed by atoms with Crippen molar-refractivity contribution in [3.8, 4) is 0 Å². The van der Waals surface area contributed by atoms with Crippen molar-refractivity contribution < 1.29 is 9.50 Å². The van der Waals surface area contributed by atoms with E-state index in [1.165, 1.54) is 6.20 Å². The molecule has 0 saturated carbocycles. The Labute approximate surface area is 77.6 Å². The molecule has 1 aromatic rings. The highest BCUT2D eigenvalue weighted by Gasteiger charge is 2.32. The summed E-state index contributed by atoms with van der Waals surface area (Å²) in [6.45, 7) is 0. The minimum Gasteiger partial charge on any atom is -0.385 e. The molecule has 1 N–H and O–H groups in total. The number of aliphatic hydroxyl groups is 1. The van der Waals surface area contributed by atoms with Gasteiger partial charge in [0.2, 0.25) is 0 Å². The predicted molar refractivity (Wildman–Crippen MR) is 45.5 cm³/mol. The molecule has 0 amide bonds. The average Bonchev–Trinajstić information content (AvgIpc) is 2.32. The summed E-state index contributed by atoms with van der Waals surface area (Å²) in [5, 5.41) is 9.34. The second-order valence-corrected chi connectivity index (χ2v) is 3.71. The average molecular weight is 232 g/mol. The Balaban J connectivity index is 2.53. The van der Waals surface area contributed by atoms with Gasteiger partial charge < -0.3 is 5.11 Å². The van der Waals surface area contributed by atoms with E-state index < -0.39 is 12.3 Å². The summed E-state index contributed by atoms with van der Waals surface area (Å²) >= 11 is 3.26. The second-order valence-electron chi connectivity index (χ2n) is 2.85. The van der Waals surface area contributed by atoms with Crippen molar-refractivity contribution in [1.29, 1.82) is 0 Å². The minimum atomic E-state index is -1.18. The Bertz CT molecular complexity index is 318. The van der Waals surface area contributed by atoms with Crippen molar-refractivity contribution in [2.75, 3.05) is 0 Å². The number of rotatable bonds is 0. The summed E-state index contributed by atoms with van der Waals surface area (Å²) < 4.78 is 13.8. The van der Waals surface area contributed by atoms with Crippen LogP contribution in [0.15, 0.2) is 16.9 Å². The van der Waals surface area contributed by atoms with Crippen LogP contribution in [0.5, 0.6) is 0 Å². The van der Waals surface area contributed by atoms with Crippen LogP contribution in [0.1, 0.15) is 17.2 Å². The van der Waals surface area contributed by atoms with Gasteiger partial charge in [-0.15, -0.1) is 0 Å². The number of fused-ring (bicyclic) bond motifs is 1. The number of hydrogen-bond acceptors (Lipinski definition) is 2. The Morgan fingerprint density at radius 2 is 2.33 bits per heavy atom. The van der Waals surface area contributed by atoms with Gasteiger partial charge in [0.25, 0.3) is 0 Å². The van der Waals surface area contributed by atoms with Gasteiger partial charge in [0.1, 0.15) is 12.3 Å². The molecule has 1 aliphatic rings. The van der Waals surface area contributed by atoms with Gasteiger partial charge in [0.15, 0.2) is 0 Å². The molecular weight excluding hydrogens is 225 g/mol. The molecule has 0 spiro atoms. The van der Waals surface area contributed by atoms with Crippen LogP contribution in [-0.4, -0.2) is 16.3 Å². The van der Waals surface area contributed by atoms with Crippen molar-refractivity contribution in [3.05, 3.63) is 28.0 Å². The number of alkyl halides is 1. The zero-order chi connectivity index (χ0) is 8.72. The molecule has 2 nitrogen and oxygen atoms in total. The monoisotopic (exact) mass is 231 g/mol. The van der Waals surface area contributed by atoms with Crippen LogP contribution >= 0.6 is 15.9 Å². The molecule has 2 atom stereocenters. The number of aliphatic hydroxyl groups excluding tert-OH is 1. The number of aromatic nitrogens is 1. The SMILES string of the molecule is O[C@H]1c2cncc(Br)c2C[C@H]1F. The third kappa shape index (κ3) is 1.06. The summed E-state index contributed by atoms with van der Waals surface area (Å²) in [4.78, 5) is 3.87. The van der Waals surface area contributed by atoms with Crippen molar-refractivity contribution in [3.63, 3.8) is 0 Å². The van der Waals surface area contributed by atoms with Crippen LogP contribution in [0.4, 0.5) is 4.39 Å². The molecule has 0 aromatic carbocycles. The van der Waals surface area contributed by atoms with Crippen molar-refractivity contribution in [2.45, 2.75) is 18.7 Å². The zero-order valence-electron chi connectivity index (χ0n) is 6.17. The van der Waals surface area contributed by atoms with Gasteiger partial charge in [0.05, 0.1) is 0 Å². The van der Waals surface area contributed by atoms with E-state index in [2.05, 4.69) is 20.9 Å². The fraction of sp³-hybridized carbons (Fsp3) is 0.375. The largest absolute Gasteiger partial charge is 0.385 e. The van der Waals surface area contributed by atoms with Crippen LogP contribution < -0.4 is 0 Å². The topological polar surface area (TPSA) is 33.1 Å². The molecule has 0 aliphatic heterocycles. The highest BCUT2D eigenvalue weighted by molar-refractivity contribution is 9.10. The first-order valence-corrected chi connectivity index (χ1v) is 4.44. The Morgan fingerprint density at radius 1 is 1.58 bits per heavy atom. The molecule has 1 aliphatic carbocycles. The Kier molecular flexibility index (Phi) is 1.88. The molecule has 0 fully saturated rings. The van der Waals surface area contributed by atoms with Crippen LogP contribution in [0, 0.1) is 0 Å². The van der Waals surface area contributed by atoms with Crippen molar-refractivity contribution in [1.82, 2.24) is 4.98 Å². The van der Waals surface area contributed by atoms with Crippen LogP contribution in [0.2, 0.25) is 0 Å². The number of hydrogen-bond donors (Lipinski definition) is 1. The van der Waals surface area contributed by atoms with E-state index in [4.69, 9.17) is 0 Å². The molecule has 0 unspecified atom stereocenters. The van der Waals surface area contributed by atoms with Gasteiger partial charge in [-0.05, 0) is 21.5 Å².